The van der Waals surface area contributed by atoms with Crippen LogP contribution in [0.25, 0.3) is 0 Å². The summed E-state index contributed by atoms with van der Waals surface area (Å²) in [5.74, 6) is 1.48. The third-order valence-electron chi connectivity index (χ3n) is 4.44. The monoisotopic (exact) mass is 525 g/mol. The number of ether oxygens (including phenoxy) is 3. The number of para-hydroxylation sites is 1. The first-order chi connectivity index (χ1) is 13.2. The van der Waals surface area contributed by atoms with Crippen molar-refractivity contribution in [2.75, 3.05) is 40.0 Å². The third kappa shape index (κ3) is 9.62. The van der Waals surface area contributed by atoms with E-state index in [-0.39, 0.29) is 30.1 Å². The van der Waals surface area contributed by atoms with Gasteiger partial charge in [-0.1, -0.05) is 30.7 Å². The highest BCUT2D eigenvalue weighted by atomic mass is 127. The normalized spacial score (nSPS) is 16.2. The van der Waals surface area contributed by atoms with Gasteiger partial charge in [0.25, 0.3) is 0 Å². The standard InChI is InChI=1S/C20H32ClN3O3.HI/c1-3-16(27-19-8-5-4-7-18(19)21)15-24-20(22-2)23-11-6-12-26-17-9-13-25-14-10-17;/h4-5,7-8,16-17H,3,6,9-15H2,1-2H3,(H2,22,23,24);1H. The molecule has 160 valence electrons. The lowest BCUT2D eigenvalue weighted by Gasteiger charge is -2.22. The molecule has 8 heteroatoms. The number of aliphatic imine (C=N–C) groups is 1. The number of nitrogens with zero attached hydrogens (tertiary/aromatic N) is 1. The van der Waals surface area contributed by atoms with Crippen molar-refractivity contribution in [1.82, 2.24) is 10.6 Å². The zero-order chi connectivity index (χ0) is 19.3. The van der Waals surface area contributed by atoms with Crippen molar-refractivity contribution < 1.29 is 14.2 Å². The molecule has 1 atom stereocenters. The third-order valence-corrected chi connectivity index (χ3v) is 4.75. The van der Waals surface area contributed by atoms with Gasteiger partial charge in [0.1, 0.15) is 11.9 Å². The maximum atomic E-state index is 6.17. The van der Waals surface area contributed by atoms with E-state index in [1.54, 1.807) is 7.05 Å². The fraction of sp³-hybridized carbons (Fsp3) is 0.650. The Balaban J connectivity index is 0.00000392. The molecule has 2 N–H and O–H groups in total. The molecule has 1 aromatic carbocycles. The molecule has 6 nitrogen and oxygen atoms in total. The highest BCUT2D eigenvalue weighted by molar-refractivity contribution is 14.0. The van der Waals surface area contributed by atoms with Crippen LogP contribution >= 0.6 is 35.6 Å². The van der Waals surface area contributed by atoms with Gasteiger partial charge in [-0.05, 0) is 37.8 Å². The average molecular weight is 526 g/mol. The van der Waals surface area contributed by atoms with Gasteiger partial charge >= 0.3 is 0 Å². The summed E-state index contributed by atoms with van der Waals surface area (Å²) in [5, 5.41) is 7.26. The zero-order valence-corrected chi connectivity index (χ0v) is 19.9. The van der Waals surface area contributed by atoms with Gasteiger partial charge in [0.05, 0.1) is 17.7 Å². The molecule has 1 saturated heterocycles. The number of rotatable bonds is 10. The van der Waals surface area contributed by atoms with E-state index >= 15 is 0 Å². The van der Waals surface area contributed by atoms with Crippen molar-refractivity contribution >= 4 is 41.5 Å². The Morgan fingerprint density at radius 1 is 1.29 bits per heavy atom. The van der Waals surface area contributed by atoms with Gasteiger partial charge in [0, 0.05) is 33.4 Å². The van der Waals surface area contributed by atoms with Crippen LogP contribution in [0.2, 0.25) is 5.02 Å². The average Bonchev–Trinajstić information content (AvgIpc) is 2.71. The Hall–Kier alpha value is -0.770. The van der Waals surface area contributed by atoms with Crippen LogP contribution in [0.3, 0.4) is 0 Å². The van der Waals surface area contributed by atoms with Gasteiger partial charge in [0.2, 0.25) is 0 Å². The summed E-state index contributed by atoms with van der Waals surface area (Å²) < 4.78 is 17.2. The topological polar surface area (TPSA) is 64.1 Å². The predicted molar refractivity (Wildman–Crippen MR) is 125 cm³/mol. The summed E-state index contributed by atoms with van der Waals surface area (Å²) in [7, 11) is 1.77. The Kier molecular flexibility index (Phi) is 13.6. The molecular weight excluding hydrogens is 493 g/mol. The van der Waals surface area contributed by atoms with Gasteiger partial charge in [-0.25, -0.2) is 0 Å². The van der Waals surface area contributed by atoms with Crippen LogP contribution in [-0.2, 0) is 9.47 Å². The number of guanidine groups is 1. The summed E-state index contributed by atoms with van der Waals surface area (Å²) in [5.41, 5.74) is 0. The van der Waals surface area contributed by atoms with Gasteiger partial charge in [0.15, 0.2) is 5.96 Å². The largest absolute Gasteiger partial charge is 0.487 e. The lowest BCUT2D eigenvalue weighted by molar-refractivity contribution is -0.0320. The minimum atomic E-state index is 0. The van der Waals surface area contributed by atoms with E-state index in [2.05, 4.69) is 22.5 Å². The molecule has 28 heavy (non-hydrogen) atoms. The van der Waals surface area contributed by atoms with Crippen molar-refractivity contribution in [3.8, 4) is 5.75 Å². The van der Waals surface area contributed by atoms with Crippen molar-refractivity contribution in [2.45, 2.75) is 44.8 Å². The summed E-state index contributed by atoms with van der Waals surface area (Å²) in [4.78, 5) is 4.26. The quantitative estimate of drug-likeness (QED) is 0.210. The molecule has 0 radical (unpaired) electrons. The zero-order valence-electron chi connectivity index (χ0n) is 16.8. The number of benzene rings is 1. The second-order valence-corrected chi connectivity index (χ2v) is 6.90. The lowest BCUT2D eigenvalue weighted by Crippen LogP contribution is -2.43. The maximum Gasteiger partial charge on any atom is 0.191 e. The lowest BCUT2D eigenvalue weighted by atomic mass is 10.1. The number of nitrogens with one attached hydrogen (secondary N) is 2. The van der Waals surface area contributed by atoms with Crippen molar-refractivity contribution in [1.29, 1.82) is 0 Å². The van der Waals surface area contributed by atoms with Crippen LogP contribution in [0.4, 0.5) is 0 Å². The summed E-state index contributed by atoms with van der Waals surface area (Å²) in [6, 6.07) is 7.53. The predicted octanol–water partition coefficient (Wildman–Crippen LogP) is 3.87. The second-order valence-electron chi connectivity index (χ2n) is 6.49. The fourth-order valence-electron chi connectivity index (χ4n) is 2.79. The highest BCUT2D eigenvalue weighted by Gasteiger charge is 2.14. The Morgan fingerprint density at radius 3 is 2.71 bits per heavy atom. The Morgan fingerprint density at radius 2 is 2.04 bits per heavy atom. The van der Waals surface area contributed by atoms with Crippen LogP contribution in [0.15, 0.2) is 29.3 Å². The van der Waals surface area contributed by atoms with Gasteiger partial charge in [-0.2, -0.15) is 0 Å². The second kappa shape index (κ2) is 15.1. The first-order valence-corrected chi connectivity index (χ1v) is 10.2. The first kappa shape index (κ1) is 25.3. The van der Waals surface area contributed by atoms with Crippen molar-refractivity contribution in [2.24, 2.45) is 4.99 Å². The molecule has 1 heterocycles. The molecule has 0 aromatic heterocycles. The molecule has 2 rings (SSSR count). The molecular formula is C20H33ClIN3O3. The van der Waals surface area contributed by atoms with E-state index in [1.807, 2.05) is 24.3 Å². The van der Waals surface area contributed by atoms with Crippen LogP contribution in [-0.4, -0.2) is 58.1 Å². The van der Waals surface area contributed by atoms with E-state index < -0.39 is 0 Å². The number of hydrogen-bond donors (Lipinski definition) is 2. The van der Waals surface area contributed by atoms with Crippen LogP contribution < -0.4 is 15.4 Å². The highest BCUT2D eigenvalue weighted by Crippen LogP contribution is 2.24. The van der Waals surface area contributed by atoms with E-state index in [0.29, 0.717) is 23.4 Å². The van der Waals surface area contributed by atoms with E-state index in [9.17, 15) is 0 Å². The SMILES string of the molecule is CCC(CNC(=NC)NCCCOC1CCOCC1)Oc1ccccc1Cl.I. The first-order valence-electron chi connectivity index (χ1n) is 9.78. The number of halogens is 2. The van der Waals surface area contributed by atoms with Crippen molar-refractivity contribution in [3.63, 3.8) is 0 Å². The molecule has 0 amide bonds. The maximum absolute atomic E-state index is 6.17. The minimum Gasteiger partial charge on any atom is -0.487 e. The summed E-state index contributed by atoms with van der Waals surface area (Å²) in [6.07, 6.45) is 4.17. The summed E-state index contributed by atoms with van der Waals surface area (Å²) >= 11 is 6.17. The van der Waals surface area contributed by atoms with Crippen LogP contribution in [0.5, 0.6) is 5.75 Å². The molecule has 1 fully saturated rings. The van der Waals surface area contributed by atoms with Crippen LogP contribution in [0.1, 0.15) is 32.6 Å². The summed E-state index contributed by atoms with van der Waals surface area (Å²) in [6.45, 7) is 5.93. The molecule has 0 spiro atoms. The van der Waals surface area contributed by atoms with Crippen LogP contribution in [0, 0.1) is 0 Å². The fourth-order valence-corrected chi connectivity index (χ4v) is 2.97. The smallest absolute Gasteiger partial charge is 0.191 e. The Bertz CT molecular complexity index is 571. The van der Waals surface area contributed by atoms with Crippen molar-refractivity contribution in [3.05, 3.63) is 29.3 Å². The molecule has 0 saturated carbocycles. The van der Waals surface area contributed by atoms with Gasteiger partial charge in [-0.15, -0.1) is 24.0 Å². The molecule has 1 unspecified atom stereocenters. The van der Waals surface area contributed by atoms with E-state index in [0.717, 1.165) is 58.0 Å². The molecule has 1 aliphatic heterocycles. The Labute approximate surface area is 190 Å². The molecule has 0 aliphatic carbocycles. The molecule has 0 bridgehead atoms. The number of hydrogen-bond acceptors (Lipinski definition) is 4. The van der Waals surface area contributed by atoms with E-state index in [4.69, 9.17) is 25.8 Å². The molecule has 1 aliphatic rings. The molecule has 1 aromatic rings. The van der Waals surface area contributed by atoms with Gasteiger partial charge < -0.3 is 24.8 Å². The minimum absolute atomic E-state index is 0. The van der Waals surface area contributed by atoms with E-state index in [1.165, 1.54) is 0 Å². The van der Waals surface area contributed by atoms with Gasteiger partial charge in [-0.3, -0.25) is 4.99 Å².